The van der Waals surface area contributed by atoms with Crippen LogP contribution in [-0.4, -0.2) is 23.7 Å². The standard InChI is InChI=1S/C8H15N4OPS/c1-11(9)14(15,12(2)10)13-8-6-4-3-5-7-8/h3-7H,9-10H2,1-2H3. The van der Waals surface area contributed by atoms with E-state index in [2.05, 4.69) is 0 Å². The largest absolute Gasteiger partial charge is 0.439 e. The van der Waals surface area contributed by atoms with Gasteiger partial charge in [0, 0.05) is 14.1 Å². The van der Waals surface area contributed by atoms with E-state index in [9.17, 15) is 0 Å². The lowest BCUT2D eigenvalue weighted by Crippen LogP contribution is -2.37. The summed E-state index contributed by atoms with van der Waals surface area (Å²) in [5.74, 6) is 12.0. The van der Waals surface area contributed by atoms with Crippen molar-refractivity contribution in [2.75, 3.05) is 14.1 Å². The molecule has 0 amide bonds. The first kappa shape index (κ1) is 12.6. The quantitative estimate of drug-likeness (QED) is 0.467. The van der Waals surface area contributed by atoms with Crippen molar-refractivity contribution in [3.05, 3.63) is 30.3 Å². The van der Waals surface area contributed by atoms with E-state index in [1.807, 2.05) is 30.3 Å². The summed E-state index contributed by atoms with van der Waals surface area (Å²) in [4.78, 5) is 0. The van der Waals surface area contributed by atoms with Crippen molar-refractivity contribution in [3.63, 3.8) is 0 Å². The maximum Gasteiger partial charge on any atom is 0.279 e. The molecule has 0 bridgehead atoms. The highest BCUT2D eigenvalue weighted by atomic mass is 32.5. The second kappa shape index (κ2) is 5.03. The van der Waals surface area contributed by atoms with Crippen LogP contribution in [0.5, 0.6) is 5.75 Å². The molecular formula is C8H15N4OPS. The summed E-state index contributed by atoms with van der Waals surface area (Å²) in [6.45, 7) is -2.53. The zero-order valence-corrected chi connectivity index (χ0v) is 10.4. The highest BCUT2D eigenvalue weighted by Gasteiger charge is 2.26. The smallest absolute Gasteiger partial charge is 0.279 e. The molecule has 0 aliphatic carbocycles. The lowest BCUT2D eigenvalue weighted by Gasteiger charge is -2.32. The summed E-state index contributed by atoms with van der Waals surface area (Å²) in [7, 11) is 3.29. The average molecular weight is 246 g/mol. The van der Waals surface area contributed by atoms with E-state index >= 15 is 0 Å². The van der Waals surface area contributed by atoms with Gasteiger partial charge in [-0.3, -0.25) is 11.7 Å². The minimum Gasteiger partial charge on any atom is -0.439 e. The Morgan fingerprint density at radius 2 is 1.60 bits per heavy atom. The summed E-state index contributed by atoms with van der Waals surface area (Å²) < 4.78 is 8.34. The highest BCUT2D eigenvalue weighted by Crippen LogP contribution is 2.48. The number of benzene rings is 1. The molecule has 0 spiro atoms. The molecule has 1 aromatic carbocycles. The first-order valence-electron chi connectivity index (χ1n) is 4.29. The molecule has 1 aromatic rings. The molecular weight excluding hydrogens is 231 g/mol. The molecule has 0 aromatic heterocycles. The van der Waals surface area contributed by atoms with E-state index in [-0.39, 0.29) is 0 Å². The van der Waals surface area contributed by atoms with Crippen LogP contribution in [0.1, 0.15) is 0 Å². The Kier molecular flexibility index (Phi) is 4.21. The van der Waals surface area contributed by atoms with E-state index in [1.165, 1.54) is 9.56 Å². The molecule has 0 saturated heterocycles. The van der Waals surface area contributed by atoms with Gasteiger partial charge in [-0.2, -0.15) is 9.56 Å². The minimum atomic E-state index is -2.53. The molecule has 0 unspecified atom stereocenters. The molecule has 15 heavy (non-hydrogen) atoms. The predicted octanol–water partition coefficient (Wildman–Crippen LogP) is 0.901. The number of nitrogens with two attached hydrogens (primary N) is 2. The fraction of sp³-hybridized carbons (Fsp3) is 0.250. The van der Waals surface area contributed by atoms with Crippen molar-refractivity contribution < 1.29 is 4.52 Å². The van der Waals surface area contributed by atoms with Gasteiger partial charge in [0.15, 0.2) is 0 Å². The Hall–Kier alpha value is -0.490. The van der Waals surface area contributed by atoms with Crippen LogP contribution in [0.15, 0.2) is 30.3 Å². The van der Waals surface area contributed by atoms with Gasteiger partial charge in [-0.15, -0.1) is 0 Å². The molecule has 0 fully saturated rings. The fourth-order valence-corrected chi connectivity index (χ4v) is 2.33. The summed E-state index contributed by atoms with van der Waals surface area (Å²) in [5, 5.41) is 0. The normalized spacial score (nSPS) is 12.1. The molecule has 0 aliphatic heterocycles. The SMILES string of the molecule is CN(N)P(=S)(Oc1ccccc1)N(C)N. The summed E-state index contributed by atoms with van der Waals surface area (Å²) >= 11 is 5.32. The minimum absolute atomic E-state index is 0.662. The number of hydrogen-bond acceptors (Lipinski definition) is 4. The Morgan fingerprint density at radius 1 is 1.13 bits per heavy atom. The van der Waals surface area contributed by atoms with Crippen LogP contribution in [0.25, 0.3) is 0 Å². The lowest BCUT2D eigenvalue weighted by molar-refractivity contribution is 0.401. The maximum atomic E-state index is 5.65. The van der Waals surface area contributed by atoms with Gasteiger partial charge >= 0.3 is 0 Å². The van der Waals surface area contributed by atoms with Crippen LogP contribution in [0.4, 0.5) is 0 Å². The maximum absolute atomic E-state index is 5.65. The van der Waals surface area contributed by atoms with E-state index < -0.39 is 6.57 Å². The Bertz CT molecular complexity index is 345. The summed E-state index contributed by atoms with van der Waals surface area (Å²) in [5.41, 5.74) is 0. The van der Waals surface area contributed by atoms with Crippen molar-refractivity contribution in [2.45, 2.75) is 0 Å². The van der Waals surface area contributed by atoms with E-state index in [4.69, 9.17) is 28.0 Å². The first-order valence-corrected chi connectivity index (χ1v) is 6.92. The van der Waals surface area contributed by atoms with E-state index in [1.54, 1.807) is 14.1 Å². The molecule has 5 nitrogen and oxygen atoms in total. The fourth-order valence-electron chi connectivity index (χ4n) is 0.970. The van der Waals surface area contributed by atoms with Crippen molar-refractivity contribution in [1.82, 2.24) is 9.56 Å². The van der Waals surface area contributed by atoms with Crippen LogP contribution in [-0.2, 0) is 11.8 Å². The highest BCUT2D eigenvalue weighted by molar-refractivity contribution is 8.10. The van der Waals surface area contributed by atoms with Gasteiger partial charge in [0.2, 0.25) is 0 Å². The van der Waals surface area contributed by atoms with E-state index in [0.717, 1.165) is 0 Å². The van der Waals surface area contributed by atoms with Crippen LogP contribution >= 0.6 is 6.57 Å². The number of rotatable bonds is 4. The van der Waals surface area contributed by atoms with Gasteiger partial charge in [-0.25, -0.2) is 0 Å². The second-order valence-corrected chi connectivity index (χ2v) is 6.89. The topological polar surface area (TPSA) is 67.8 Å². The zero-order valence-electron chi connectivity index (χ0n) is 8.70. The molecule has 4 N–H and O–H groups in total. The third-order valence-electron chi connectivity index (χ3n) is 1.76. The number of hydrazine groups is 2. The Balaban J connectivity index is 2.91. The molecule has 0 radical (unpaired) electrons. The molecule has 7 heteroatoms. The number of nitrogens with zero attached hydrogens (tertiary/aromatic N) is 2. The van der Waals surface area contributed by atoms with Gasteiger partial charge in [0.1, 0.15) is 5.75 Å². The van der Waals surface area contributed by atoms with Gasteiger partial charge in [0.05, 0.1) is 0 Å². The zero-order chi connectivity index (χ0) is 11.5. The Morgan fingerprint density at radius 3 is 2.00 bits per heavy atom. The van der Waals surface area contributed by atoms with Crippen LogP contribution in [0.2, 0.25) is 0 Å². The lowest BCUT2D eigenvalue weighted by atomic mass is 10.3. The van der Waals surface area contributed by atoms with Crippen LogP contribution < -0.4 is 16.2 Å². The van der Waals surface area contributed by atoms with Crippen molar-refractivity contribution in [1.29, 1.82) is 0 Å². The van der Waals surface area contributed by atoms with Gasteiger partial charge < -0.3 is 4.52 Å². The van der Waals surface area contributed by atoms with Crippen molar-refractivity contribution in [2.24, 2.45) is 11.7 Å². The van der Waals surface area contributed by atoms with Crippen LogP contribution in [0, 0.1) is 0 Å². The molecule has 84 valence electrons. The monoisotopic (exact) mass is 246 g/mol. The predicted molar refractivity (Wildman–Crippen MR) is 65.3 cm³/mol. The van der Waals surface area contributed by atoms with Gasteiger partial charge in [0.25, 0.3) is 6.57 Å². The third kappa shape index (κ3) is 2.98. The molecule has 1 rings (SSSR count). The molecule has 0 aliphatic rings. The van der Waals surface area contributed by atoms with E-state index in [0.29, 0.717) is 5.75 Å². The third-order valence-corrected chi connectivity index (χ3v) is 5.58. The summed E-state index contributed by atoms with van der Waals surface area (Å²) in [6, 6.07) is 9.25. The molecule has 0 saturated carbocycles. The van der Waals surface area contributed by atoms with Crippen molar-refractivity contribution >= 4 is 18.4 Å². The number of hydrogen-bond donors (Lipinski definition) is 2. The first-order chi connectivity index (χ1) is 6.97. The second-order valence-electron chi connectivity index (χ2n) is 3.04. The average Bonchev–Trinajstić information content (AvgIpc) is 2.18. The van der Waals surface area contributed by atoms with Crippen molar-refractivity contribution in [3.8, 4) is 5.75 Å². The van der Waals surface area contributed by atoms with Crippen LogP contribution in [0.3, 0.4) is 0 Å². The Labute approximate surface area is 94.7 Å². The van der Waals surface area contributed by atoms with Gasteiger partial charge in [-0.05, 0) is 23.9 Å². The molecule has 0 atom stereocenters. The van der Waals surface area contributed by atoms with Gasteiger partial charge in [-0.1, -0.05) is 18.2 Å². The summed E-state index contributed by atoms with van der Waals surface area (Å²) in [6.07, 6.45) is 0. The number of para-hydroxylation sites is 1. The molecule has 0 heterocycles.